The predicted molar refractivity (Wildman–Crippen MR) is 129 cm³/mol. The lowest BCUT2D eigenvalue weighted by Crippen LogP contribution is -2.35. The molecular weight excluding hydrogens is 453 g/mol. The molecule has 0 aliphatic carbocycles. The van der Waals surface area contributed by atoms with Gasteiger partial charge in [0.1, 0.15) is 0 Å². The van der Waals surface area contributed by atoms with Crippen LogP contribution in [0.1, 0.15) is 49.8 Å². The normalized spacial score (nSPS) is 15.6. The van der Waals surface area contributed by atoms with Gasteiger partial charge in [-0.1, -0.05) is 68.4 Å². The first kappa shape index (κ1) is 25.9. The standard InChI is InChI=1S/C26H32NO6P/c1-19(2)16-23(26(30)33-27-24(28)12-13-25(27)29)18-34(31)32-15-14-20-8-10-22(11-9-20)17-21-6-4-3-5-7-21/h3-11,19,23,34H,12-18H2,1-2H3. The van der Waals surface area contributed by atoms with Crippen molar-refractivity contribution in [3.63, 3.8) is 0 Å². The molecule has 0 saturated carbocycles. The lowest BCUT2D eigenvalue weighted by molar-refractivity contribution is -0.200. The molecule has 2 aromatic carbocycles. The van der Waals surface area contributed by atoms with E-state index in [4.69, 9.17) is 9.36 Å². The Hall–Kier alpha value is -2.76. The highest BCUT2D eigenvalue weighted by atomic mass is 31.1. The van der Waals surface area contributed by atoms with E-state index < -0.39 is 31.7 Å². The van der Waals surface area contributed by atoms with Gasteiger partial charge in [0.05, 0.1) is 12.5 Å². The zero-order chi connectivity index (χ0) is 24.5. The number of carbonyl (C=O) groups excluding carboxylic acids is 3. The maximum absolute atomic E-state index is 12.6. The van der Waals surface area contributed by atoms with Crippen molar-refractivity contribution >= 4 is 25.8 Å². The number of hydroxylamine groups is 2. The molecule has 1 saturated heterocycles. The van der Waals surface area contributed by atoms with Crippen molar-refractivity contribution in [2.75, 3.05) is 12.8 Å². The molecule has 2 atom stereocenters. The minimum atomic E-state index is -2.49. The van der Waals surface area contributed by atoms with Gasteiger partial charge in [0, 0.05) is 19.0 Å². The van der Waals surface area contributed by atoms with Crippen molar-refractivity contribution in [2.45, 2.75) is 46.0 Å². The molecule has 0 bridgehead atoms. The number of nitrogens with zero attached hydrogens (tertiary/aromatic N) is 1. The molecule has 1 heterocycles. The summed E-state index contributed by atoms with van der Waals surface area (Å²) in [6.07, 6.45) is 2.00. The largest absolute Gasteiger partial charge is 0.336 e. The number of hydrogen-bond acceptors (Lipinski definition) is 6. The highest BCUT2D eigenvalue weighted by Gasteiger charge is 2.35. The van der Waals surface area contributed by atoms with Crippen LogP contribution in [-0.2, 0) is 41.2 Å². The summed E-state index contributed by atoms with van der Waals surface area (Å²) in [6, 6.07) is 18.5. The lowest BCUT2D eigenvalue weighted by Gasteiger charge is -2.20. The Labute approximate surface area is 201 Å². The summed E-state index contributed by atoms with van der Waals surface area (Å²) in [5, 5.41) is 0.537. The quantitative estimate of drug-likeness (QED) is 0.323. The van der Waals surface area contributed by atoms with E-state index in [2.05, 4.69) is 24.3 Å². The van der Waals surface area contributed by atoms with Crippen molar-refractivity contribution in [3.05, 3.63) is 71.3 Å². The van der Waals surface area contributed by atoms with Gasteiger partial charge < -0.3 is 9.36 Å². The topological polar surface area (TPSA) is 90.0 Å². The van der Waals surface area contributed by atoms with Crippen LogP contribution in [0.15, 0.2) is 54.6 Å². The fourth-order valence-corrected chi connectivity index (χ4v) is 5.04. The van der Waals surface area contributed by atoms with Crippen LogP contribution in [0.3, 0.4) is 0 Å². The van der Waals surface area contributed by atoms with Gasteiger partial charge in [0.25, 0.3) is 11.8 Å². The van der Waals surface area contributed by atoms with E-state index in [0.29, 0.717) is 17.9 Å². The van der Waals surface area contributed by atoms with Gasteiger partial charge in [-0.25, -0.2) is 4.79 Å². The molecule has 2 amide bonds. The number of imide groups is 1. The van der Waals surface area contributed by atoms with Crippen molar-refractivity contribution in [1.82, 2.24) is 5.06 Å². The molecule has 34 heavy (non-hydrogen) atoms. The highest BCUT2D eigenvalue weighted by Crippen LogP contribution is 2.30. The third-order valence-electron chi connectivity index (χ3n) is 5.62. The minimum absolute atomic E-state index is 0.0217. The molecule has 2 aromatic rings. The number of hydrogen-bond donors (Lipinski definition) is 0. The first-order valence-electron chi connectivity index (χ1n) is 11.7. The Kier molecular flexibility index (Phi) is 9.61. The molecule has 0 radical (unpaired) electrons. The van der Waals surface area contributed by atoms with Gasteiger partial charge in [-0.05, 0) is 41.9 Å². The van der Waals surface area contributed by atoms with Crippen molar-refractivity contribution in [1.29, 1.82) is 0 Å². The number of carbonyl (C=O) groups is 3. The van der Waals surface area contributed by atoms with Crippen LogP contribution in [0.2, 0.25) is 0 Å². The minimum Gasteiger partial charge on any atom is -0.330 e. The van der Waals surface area contributed by atoms with E-state index in [0.717, 1.165) is 12.0 Å². The Bertz CT molecular complexity index is 990. The first-order valence-corrected chi connectivity index (χ1v) is 13.2. The zero-order valence-corrected chi connectivity index (χ0v) is 20.7. The van der Waals surface area contributed by atoms with E-state index in [-0.39, 0.29) is 31.5 Å². The van der Waals surface area contributed by atoms with Crippen molar-refractivity contribution in [3.8, 4) is 0 Å². The fourth-order valence-electron chi connectivity index (χ4n) is 3.85. The van der Waals surface area contributed by atoms with Gasteiger partial charge in [-0.15, -0.1) is 5.06 Å². The Morgan fingerprint density at radius 3 is 2.15 bits per heavy atom. The van der Waals surface area contributed by atoms with Gasteiger partial charge in [0.15, 0.2) is 8.03 Å². The van der Waals surface area contributed by atoms with Crippen LogP contribution in [0.25, 0.3) is 0 Å². The molecule has 1 aliphatic heterocycles. The summed E-state index contributed by atoms with van der Waals surface area (Å²) in [5.74, 6) is -2.33. The third-order valence-corrected chi connectivity index (χ3v) is 6.97. The molecule has 1 fully saturated rings. The van der Waals surface area contributed by atoms with E-state index in [9.17, 15) is 18.9 Å². The molecule has 7 nitrogen and oxygen atoms in total. The maximum Gasteiger partial charge on any atom is 0.336 e. The first-order chi connectivity index (χ1) is 16.3. The smallest absolute Gasteiger partial charge is 0.330 e. The molecule has 0 N–H and O–H groups in total. The predicted octanol–water partition coefficient (Wildman–Crippen LogP) is 4.58. The van der Waals surface area contributed by atoms with E-state index in [1.165, 1.54) is 11.1 Å². The second kappa shape index (κ2) is 12.6. The third kappa shape index (κ3) is 7.93. The average Bonchev–Trinajstić information content (AvgIpc) is 3.12. The second-order valence-electron chi connectivity index (χ2n) is 8.97. The second-order valence-corrected chi connectivity index (χ2v) is 10.4. The fraction of sp³-hybridized carbons (Fsp3) is 0.423. The molecule has 3 rings (SSSR count). The monoisotopic (exact) mass is 485 g/mol. The lowest BCUT2D eigenvalue weighted by atomic mass is 9.99. The number of amides is 2. The molecular formula is C26H32NO6P. The van der Waals surface area contributed by atoms with Gasteiger partial charge in [0.2, 0.25) is 0 Å². The Balaban J connectivity index is 1.46. The molecule has 0 spiro atoms. The Morgan fingerprint density at radius 2 is 1.53 bits per heavy atom. The Morgan fingerprint density at radius 1 is 0.941 bits per heavy atom. The van der Waals surface area contributed by atoms with Gasteiger partial charge in [-0.3, -0.25) is 14.2 Å². The van der Waals surface area contributed by atoms with Crippen LogP contribution < -0.4 is 0 Å². The van der Waals surface area contributed by atoms with Crippen LogP contribution >= 0.6 is 8.03 Å². The van der Waals surface area contributed by atoms with Crippen LogP contribution in [-0.4, -0.2) is 35.6 Å². The maximum atomic E-state index is 12.6. The molecule has 182 valence electrons. The summed E-state index contributed by atoms with van der Waals surface area (Å²) in [7, 11) is -2.49. The number of benzene rings is 2. The summed E-state index contributed by atoms with van der Waals surface area (Å²) in [5.41, 5.74) is 3.55. The average molecular weight is 486 g/mol. The van der Waals surface area contributed by atoms with E-state index in [1.54, 1.807) is 0 Å². The highest BCUT2D eigenvalue weighted by molar-refractivity contribution is 7.39. The van der Waals surface area contributed by atoms with E-state index in [1.807, 2.05) is 44.2 Å². The summed E-state index contributed by atoms with van der Waals surface area (Å²) in [6.45, 7) is 4.15. The van der Waals surface area contributed by atoms with Gasteiger partial charge >= 0.3 is 5.97 Å². The number of rotatable bonds is 12. The van der Waals surface area contributed by atoms with Crippen molar-refractivity contribution in [2.24, 2.45) is 11.8 Å². The molecule has 2 unspecified atom stereocenters. The summed E-state index contributed by atoms with van der Waals surface area (Å²) in [4.78, 5) is 41.1. The van der Waals surface area contributed by atoms with E-state index >= 15 is 0 Å². The molecule has 0 aromatic heterocycles. The van der Waals surface area contributed by atoms with Crippen LogP contribution in [0, 0.1) is 11.8 Å². The van der Waals surface area contributed by atoms with Gasteiger partial charge in [-0.2, -0.15) is 0 Å². The molecule has 1 aliphatic rings. The van der Waals surface area contributed by atoms with Crippen LogP contribution in [0.4, 0.5) is 0 Å². The SMILES string of the molecule is CC(C)CC(C[PH](=O)OCCc1ccc(Cc2ccccc2)cc1)C(=O)ON1C(=O)CCC1=O. The van der Waals surface area contributed by atoms with Crippen molar-refractivity contribution < 1.29 is 28.3 Å². The summed E-state index contributed by atoms with van der Waals surface area (Å²) < 4.78 is 18.1. The zero-order valence-electron chi connectivity index (χ0n) is 19.7. The van der Waals surface area contributed by atoms with Crippen LogP contribution in [0.5, 0.6) is 0 Å². The molecule has 8 heteroatoms. The summed E-state index contributed by atoms with van der Waals surface area (Å²) >= 11 is 0.